The van der Waals surface area contributed by atoms with Crippen molar-refractivity contribution >= 4 is 5.91 Å². The molecule has 1 unspecified atom stereocenters. The van der Waals surface area contributed by atoms with Crippen LogP contribution in [-0.2, 0) is 9.53 Å². The van der Waals surface area contributed by atoms with E-state index in [1.54, 1.807) is 7.11 Å². The first kappa shape index (κ1) is 14.5. The summed E-state index contributed by atoms with van der Waals surface area (Å²) < 4.78 is 5.07. The summed E-state index contributed by atoms with van der Waals surface area (Å²) in [7, 11) is 1.67. The molecule has 0 radical (unpaired) electrons. The van der Waals surface area contributed by atoms with Gasteiger partial charge in [0.05, 0.1) is 12.0 Å². The van der Waals surface area contributed by atoms with Crippen LogP contribution in [0.1, 0.15) is 27.2 Å². The number of methoxy groups -OCH3 is 1. The Morgan fingerprint density at radius 2 is 2.24 bits per heavy atom. The van der Waals surface area contributed by atoms with Crippen LogP contribution in [0.5, 0.6) is 0 Å². The summed E-state index contributed by atoms with van der Waals surface area (Å²) >= 11 is 0. The number of carbonyl (C=O) groups excluding carboxylic acids is 1. The molecule has 1 fully saturated rings. The molecule has 0 aromatic heterocycles. The number of likely N-dealkylation sites (N-methyl/N-ethyl adjacent to an activating group) is 1. The second kappa shape index (κ2) is 6.36. The number of amides is 1. The Hall–Kier alpha value is -0.610. The Bertz CT molecular complexity index is 248. The van der Waals surface area contributed by atoms with Crippen LogP contribution in [0.3, 0.4) is 0 Å². The second-order valence-corrected chi connectivity index (χ2v) is 5.12. The van der Waals surface area contributed by atoms with Gasteiger partial charge < -0.3 is 15.0 Å². The number of nitrogens with zero attached hydrogens (tertiary/aromatic N) is 1. The molecule has 100 valence electrons. The predicted octanol–water partition coefficient (Wildman–Crippen LogP) is 1.12. The molecule has 4 nitrogen and oxygen atoms in total. The Kier molecular flexibility index (Phi) is 5.40. The van der Waals surface area contributed by atoms with Gasteiger partial charge in [-0.1, -0.05) is 13.8 Å². The quantitative estimate of drug-likeness (QED) is 0.759. The molecule has 0 spiro atoms. The first-order valence-electron chi connectivity index (χ1n) is 6.57. The van der Waals surface area contributed by atoms with Crippen LogP contribution < -0.4 is 5.32 Å². The molecule has 1 aliphatic rings. The smallest absolute Gasteiger partial charge is 0.230 e. The third kappa shape index (κ3) is 2.99. The van der Waals surface area contributed by atoms with Crippen LogP contribution >= 0.6 is 0 Å². The number of nitrogens with one attached hydrogen (secondary N) is 1. The molecule has 1 atom stereocenters. The maximum atomic E-state index is 12.7. The molecular formula is C13H26N2O2. The van der Waals surface area contributed by atoms with Crippen molar-refractivity contribution in [3.63, 3.8) is 0 Å². The third-order valence-electron chi connectivity index (χ3n) is 3.95. The fourth-order valence-corrected chi connectivity index (χ4v) is 2.55. The van der Waals surface area contributed by atoms with Crippen molar-refractivity contribution in [2.75, 3.05) is 39.9 Å². The second-order valence-electron chi connectivity index (χ2n) is 5.12. The molecule has 1 heterocycles. The molecule has 1 N–H and O–H groups in total. The van der Waals surface area contributed by atoms with Gasteiger partial charge in [0.25, 0.3) is 0 Å². The Morgan fingerprint density at radius 1 is 1.53 bits per heavy atom. The lowest BCUT2D eigenvalue weighted by Gasteiger charge is -2.36. The van der Waals surface area contributed by atoms with Gasteiger partial charge in [0.15, 0.2) is 0 Å². The molecule has 0 aliphatic carbocycles. The van der Waals surface area contributed by atoms with Gasteiger partial charge in [0, 0.05) is 26.7 Å². The van der Waals surface area contributed by atoms with Crippen LogP contribution in [0.2, 0.25) is 0 Å². The van der Waals surface area contributed by atoms with Crippen molar-refractivity contribution in [2.24, 2.45) is 11.3 Å². The van der Waals surface area contributed by atoms with E-state index in [4.69, 9.17) is 4.74 Å². The van der Waals surface area contributed by atoms with Crippen molar-refractivity contribution in [3.8, 4) is 0 Å². The lowest BCUT2D eigenvalue weighted by atomic mass is 9.75. The van der Waals surface area contributed by atoms with E-state index < -0.39 is 0 Å². The van der Waals surface area contributed by atoms with Gasteiger partial charge in [0.2, 0.25) is 5.91 Å². The fourth-order valence-electron chi connectivity index (χ4n) is 2.55. The van der Waals surface area contributed by atoms with E-state index in [1.807, 2.05) is 11.8 Å². The summed E-state index contributed by atoms with van der Waals surface area (Å²) in [5, 5.41) is 3.33. The van der Waals surface area contributed by atoms with E-state index in [0.29, 0.717) is 19.1 Å². The fraction of sp³-hybridized carbons (Fsp3) is 0.923. The predicted molar refractivity (Wildman–Crippen MR) is 68.9 cm³/mol. The molecule has 1 amide bonds. The molecule has 0 aromatic rings. The van der Waals surface area contributed by atoms with Gasteiger partial charge in [0.1, 0.15) is 0 Å². The number of hydrogen-bond acceptors (Lipinski definition) is 3. The zero-order valence-corrected chi connectivity index (χ0v) is 11.6. The van der Waals surface area contributed by atoms with Crippen LogP contribution in [0, 0.1) is 11.3 Å². The normalized spacial score (nSPS) is 24.3. The van der Waals surface area contributed by atoms with E-state index in [0.717, 1.165) is 26.1 Å². The molecule has 0 bridgehead atoms. The molecule has 0 aromatic carbocycles. The average Bonchev–Trinajstić information content (AvgIpc) is 2.80. The van der Waals surface area contributed by atoms with Gasteiger partial charge in [-0.25, -0.2) is 0 Å². The molecule has 1 rings (SSSR count). The summed E-state index contributed by atoms with van der Waals surface area (Å²) in [5.41, 5.74) is -0.205. The highest BCUT2D eigenvalue weighted by atomic mass is 16.5. The van der Waals surface area contributed by atoms with Crippen molar-refractivity contribution in [1.82, 2.24) is 10.2 Å². The van der Waals surface area contributed by atoms with E-state index in [1.165, 1.54) is 0 Å². The van der Waals surface area contributed by atoms with Crippen molar-refractivity contribution in [2.45, 2.75) is 27.2 Å². The van der Waals surface area contributed by atoms with Crippen LogP contribution in [0.4, 0.5) is 0 Å². The van der Waals surface area contributed by atoms with Gasteiger partial charge in [-0.2, -0.15) is 0 Å². The summed E-state index contributed by atoms with van der Waals surface area (Å²) in [6, 6.07) is 0. The maximum absolute atomic E-state index is 12.7. The lowest BCUT2D eigenvalue weighted by molar-refractivity contribution is -0.144. The topological polar surface area (TPSA) is 41.6 Å². The van der Waals surface area contributed by atoms with Crippen LogP contribution in [0.25, 0.3) is 0 Å². The standard InChI is InChI=1S/C13H26N2O2/c1-5-15(8-9-17-4)12(16)13(11(2)3)6-7-14-10-13/h11,14H,5-10H2,1-4H3. The Morgan fingerprint density at radius 3 is 2.65 bits per heavy atom. The van der Waals surface area contributed by atoms with Crippen LogP contribution in [0.15, 0.2) is 0 Å². The van der Waals surface area contributed by atoms with E-state index in [-0.39, 0.29) is 11.3 Å². The van der Waals surface area contributed by atoms with Crippen molar-refractivity contribution < 1.29 is 9.53 Å². The average molecular weight is 242 g/mol. The minimum atomic E-state index is -0.205. The molecule has 4 heteroatoms. The third-order valence-corrected chi connectivity index (χ3v) is 3.95. The maximum Gasteiger partial charge on any atom is 0.230 e. The van der Waals surface area contributed by atoms with E-state index >= 15 is 0 Å². The molecule has 0 saturated carbocycles. The summed E-state index contributed by atoms with van der Waals surface area (Å²) in [5.74, 6) is 0.665. The van der Waals surface area contributed by atoms with Gasteiger partial charge in [-0.15, -0.1) is 0 Å². The first-order valence-corrected chi connectivity index (χ1v) is 6.57. The molecule has 17 heavy (non-hydrogen) atoms. The van der Waals surface area contributed by atoms with Crippen LogP contribution in [-0.4, -0.2) is 50.7 Å². The summed E-state index contributed by atoms with van der Waals surface area (Å²) in [6.07, 6.45) is 0.951. The van der Waals surface area contributed by atoms with Gasteiger partial charge in [-0.05, 0) is 25.8 Å². The summed E-state index contributed by atoms with van der Waals surface area (Å²) in [6.45, 7) is 10.2. The lowest BCUT2D eigenvalue weighted by Crippen LogP contribution is -2.49. The van der Waals surface area contributed by atoms with Gasteiger partial charge in [-0.3, -0.25) is 4.79 Å². The van der Waals surface area contributed by atoms with E-state index in [2.05, 4.69) is 19.2 Å². The minimum absolute atomic E-state index is 0.205. The number of hydrogen-bond donors (Lipinski definition) is 1. The zero-order chi connectivity index (χ0) is 12.9. The number of rotatable bonds is 6. The van der Waals surface area contributed by atoms with Gasteiger partial charge >= 0.3 is 0 Å². The molecule has 1 saturated heterocycles. The number of carbonyl (C=O) groups is 1. The highest BCUT2D eigenvalue weighted by Gasteiger charge is 2.45. The highest BCUT2D eigenvalue weighted by molar-refractivity contribution is 5.83. The van der Waals surface area contributed by atoms with E-state index in [9.17, 15) is 4.79 Å². The minimum Gasteiger partial charge on any atom is -0.383 e. The SMILES string of the molecule is CCN(CCOC)C(=O)C1(C(C)C)CCNC1. The largest absolute Gasteiger partial charge is 0.383 e. The first-order chi connectivity index (χ1) is 8.08. The van der Waals surface area contributed by atoms with Crippen molar-refractivity contribution in [3.05, 3.63) is 0 Å². The summed E-state index contributed by atoms with van der Waals surface area (Å²) in [4.78, 5) is 14.6. The highest BCUT2D eigenvalue weighted by Crippen LogP contribution is 2.36. The monoisotopic (exact) mass is 242 g/mol. The molecular weight excluding hydrogens is 216 g/mol. The zero-order valence-electron chi connectivity index (χ0n) is 11.6. The Balaban J connectivity index is 2.76. The Labute approximate surface area is 105 Å². The van der Waals surface area contributed by atoms with Crippen molar-refractivity contribution in [1.29, 1.82) is 0 Å². The number of ether oxygens (including phenoxy) is 1. The molecule has 1 aliphatic heterocycles.